The Morgan fingerprint density at radius 2 is 1.76 bits per heavy atom. The number of benzene rings is 2. The van der Waals surface area contributed by atoms with E-state index in [1.54, 1.807) is 0 Å². The highest BCUT2D eigenvalue weighted by molar-refractivity contribution is 5.71. The molecule has 2 aromatic rings. The fourth-order valence-corrected chi connectivity index (χ4v) is 2.85. The molecule has 0 aromatic heterocycles. The fourth-order valence-electron chi connectivity index (χ4n) is 2.85. The Hall–Kier alpha value is -2.57. The van der Waals surface area contributed by atoms with Gasteiger partial charge in [-0.1, -0.05) is 18.2 Å². The number of carbonyl (C=O) groups is 1. The van der Waals surface area contributed by atoms with Crippen LogP contribution in [-0.2, 0) is 4.79 Å². The zero-order valence-corrected chi connectivity index (χ0v) is 17.8. The number of esters is 1. The summed E-state index contributed by atoms with van der Waals surface area (Å²) >= 11 is 0. The minimum atomic E-state index is -0.665. The SMILES string of the molecule is CC(=O)Oc1c(C)cc(OCC(O)CNC(C)COc2ccccc2)c(C)c1C. The number of aliphatic hydroxyl groups excluding tert-OH is 1. The molecule has 0 radical (unpaired) electrons. The Labute approximate surface area is 172 Å². The van der Waals surface area contributed by atoms with Crippen LogP contribution < -0.4 is 19.5 Å². The molecule has 0 aliphatic carbocycles. The second-order valence-electron chi connectivity index (χ2n) is 7.26. The maximum atomic E-state index is 11.3. The zero-order chi connectivity index (χ0) is 21.4. The Morgan fingerprint density at radius 3 is 2.41 bits per heavy atom. The molecule has 6 heteroatoms. The Bertz CT molecular complexity index is 807. The smallest absolute Gasteiger partial charge is 0.308 e. The summed E-state index contributed by atoms with van der Waals surface area (Å²) < 4.78 is 16.8. The summed E-state index contributed by atoms with van der Waals surface area (Å²) in [6, 6.07) is 11.5. The molecule has 6 nitrogen and oxygen atoms in total. The first-order valence-corrected chi connectivity index (χ1v) is 9.79. The molecule has 2 unspecified atom stereocenters. The summed E-state index contributed by atoms with van der Waals surface area (Å²) in [6.45, 7) is 10.1. The number of ether oxygens (including phenoxy) is 3. The molecule has 0 aliphatic rings. The second kappa shape index (κ2) is 10.8. The van der Waals surface area contributed by atoms with Gasteiger partial charge < -0.3 is 24.6 Å². The van der Waals surface area contributed by atoms with Crippen molar-refractivity contribution >= 4 is 5.97 Å². The predicted molar refractivity (Wildman–Crippen MR) is 113 cm³/mol. The van der Waals surface area contributed by atoms with Crippen LogP contribution in [-0.4, -0.2) is 43.0 Å². The first-order valence-electron chi connectivity index (χ1n) is 9.79. The van der Waals surface area contributed by atoms with E-state index in [1.165, 1.54) is 6.92 Å². The standard InChI is InChI=1S/C23H31NO5/c1-15-11-22(17(3)18(4)23(15)29-19(5)25)28-14-20(26)12-24-16(2)13-27-21-9-7-6-8-10-21/h6-11,16,20,24,26H,12-14H2,1-5H3. The van der Waals surface area contributed by atoms with E-state index in [9.17, 15) is 9.90 Å². The monoisotopic (exact) mass is 401 g/mol. The lowest BCUT2D eigenvalue weighted by Gasteiger charge is -2.20. The first kappa shape index (κ1) is 22.7. The maximum absolute atomic E-state index is 11.3. The van der Waals surface area contributed by atoms with Crippen LogP contribution in [0.2, 0.25) is 0 Å². The summed E-state index contributed by atoms with van der Waals surface area (Å²) in [5.41, 5.74) is 2.56. The van der Waals surface area contributed by atoms with Gasteiger partial charge in [0.05, 0.1) is 0 Å². The molecule has 2 N–H and O–H groups in total. The van der Waals surface area contributed by atoms with Crippen molar-refractivity contribution in [2.45, 2.75) is 46.8 Å². The number of carbonyl (C=O) groups excluding carboxylic acids is 1. The molecule has 29 heavy (non-hydrogen) atoms. The molecular formula is C23H31NO5. The summed E-state index contributed by atoms with van der Waals surface area (Å²) in [4.78, 5) is 11.3. The molecule has 0 spiro atoms. The third kappa shape index (κ3) is 7.07. The van der Waals surface area contributed by atoms with Gasteiger partial charge in [0.15, 0.2) is 0 Å². The highest BCUT2D eigenvalue weighted by atomic mass is 16.5. The predicted octanol–water partition coefficient (Wildman–Crippen LogP) is 3.33. The zero-order valence-electron chi connectivity index (χ0n) is 17.8. The van der Waals surface area contributed by atoms with Gasteiger partial charge in [-0.15, -0.1) is 0 Å². The van der Waals surface area contributed by atoms with Crippen LogP contribution in [0.1, 0.15) is 30.5 Å². The summed E-state index contributed by atoms with van der Waals surface area (Å²) in [5, 5.41) is 13.5. The van der Waals surface area contributed by atoms with Crippen LogP contribution in [0.5, 0.6) is 17.2 Å². The van der Waals surface area contributed by atoms with Crippen molar-refractivity contribution in [3.05, 3.63) is 53.1 Å². The topological polar surface area (TPSA) is 77.0 Å². The molecule has 0 aliphatic heterocycles. The molecule has 0 bridgehead atoms. The molecule has 2 rings (SSSR count). The number of aliphatic hydroxyl groups is 1. The first-order chi connectivity index (χ1) is 13.8. The van der Waals surface area contributed by atoms with Gasteiger partial charge in [-0.3, -0.25) is 4.79 Å². The van der Waals surface area contributed by atoms with E-state index in [0.29, 0.717) is 24.7 Å². The Kier molecular flexibility index (Phi) is 8.49. The largest absolute Gasteiger partial charge is 0.492 e. The van der Waals surface area contributed by atoms with Crippen LogP contribution in [0.25, 0.3) is 0 Å². The van der Waals surface area contributed by atoms with Crippen LogP contribution >= 0.6 is 0 Å². The van der Waals surface area contributed by atoms with E-state index in [4.69, 9.17) is 14.2 Å². The average Bonchev–Trinajstić information content (AvgIpc) is 2.70. The number of hydrogen-bond donors (Lipinski definition) is 2. The van der Waals surface area contributed by atoms with Crippen LogP contribution in [0.4, 0.5) is 0 Å². The van der Waals surface area contributed by atoms with Gasteiger partial charge in [0.1, 0.15) is 36.6 Å². The molecule has 0 fully saturated rings. The van der Waals surface area contributed by atoms with Gasteiger partial charge in [0, 0.05) is 19.5 Å². The van der Waals surface area contributed by atoms with Crippen molar-refractivity contribution in [2.24, 2.45) is 0 Å². The molecule has 2 atom stereocenters. The normalized spacial score (nSPS) is 12.9. The Balaban J connectivity index is 1.81. The maximum Gasteiger partial charge on any atom is 0.308 e. The van der Waals surface area contributed by atoms with Crippen molar-refractivity contribution in [3.63, 3.8) is 0 Å². The van der Waals surface area contributed by atoms with E-state index in [1.807, 2.05) is 64.1 Å². The van der Waals surface area contributed by atoms with Crippen molar-refractivity contribution in [1.82, 2.24) is 5.32 Å². The third-order valence-corrected chi connectivity index (χ3v) is 4.60. The number of nitrogens with one attached hydrogen (secondary N) is 1. The van der Waals surface area contributed by atoms with Gasteiger partial charge >= 0.3 is 5.97 Å². The van der Waals surface area contributed by atoms with Crippen molar-refractivity contribution < 1.29 is 24.1 Å². The quantitative estimate of drug-likeness (QED) is 0.470. The van der Waals surface area contributed by atoms with Crippen LogP contribution in [0.3, 0.4) is 0 Å². The molecule has 0 amide bonds. The molecule has 0 heterocycles. The minimum absolute atomic E-state index is 0.0825. The van der Waals surface area contributed by atoms with E-state index >= 15 is 0 Å². The van der Waals surface area contributed by atoms with Crippen LogP contribution in [0.15, 0.2) is 36.4 Å². The van der Waals surface area contributed by atoms with Gasteiger partial charge in [-0.05, 0) is 62.6 Å². The molecule has 0 saturated heterocycles. The highest BCUT2D eigenvalue weighted by Gasteiger charge is 2.15. The third-order valence-electron chi connectivity index (χ3n) is 4.60. The average molecular weight is 402 g/mol. The van der Waals surface area contributed by atoms with E-state index in [2.05, 4.69) is 5.32 Å². The second-order valence-corrected chi connectivity index (χ2v) is 7.26. The van der Waals surface area contributed by atoms with Crippen molar-refractivity contribution in [2.75, 3.05) is 19.8 Å². The van der Waals surface area contributed by atoms with Crippen molar-refractivity contribution in [1.29, 1.82) is 0 Å². The number of para-hydroxylation sites is 1. The number of aryl methyl sites for hydroxylation is 1. The summed E-state index contributed by atoms with van der Waals surface area (Å²) in [6.07, 6.45) is -0.665. The Morgan fingerprint density at radius 1 is 1.07 bits per heavy atom. The lowest BCUT2D eigenvalue weighted by atomic mass is 10.0. The molecule has 2 aromatic carbocycles. The van der Waals surface area contributed by atoms with Crippen molar-refractivity contribution in [3.8, 4) is 17.2 Å². The van der Waals surface area contributed by atoms with E-state index in [0.717, 1.165) is 22.4 Å². The number of hydrogen-bond acceptors (Lipinski definition) is 6. The summed E-state index contributed by atoms with van der Waals surface area (Å²) in [7, 11) is 0. The van der Waals surface area contributed by atoms with E-state index < -0.39 is 6.10 Å². The summed E-state index contributed by atoms with van der Waals surface area (Å²) in [5.74, 6) is 1.71. The lowest BCUT2D eigenvalue weighted by Crippen LogP contribution is -2.39. The van der Waals surface area contributed by atoms with Gasteiger partial charge in [0.2, 0.25) is 0 Å². The fraction of sp³-hybridized carbons (Fsp3) is 0.435. The highest BCUT2D eigenvalue weighted by Crippen LogP contribution is 2.33. The molecular weight excluding hydrogens is 370 g/mol. The van der Waals surface area contributed by atoms with Gasteiger partial charge in [-0.2, -0.15) is 0 Å². The van der Waals surface area contributed by atoms with Gasteiger partial charge in [0.25, 0.3) is 0 Å². The number of rotatable bonds is 10. The minimum Gasteiger partial charge on any atom is -0.492 e. The van der Waals surface area contributed by atoms with E-state index in [-0.39, 0.29) is 18.6 Å². The van der Waals surface area contributed by atoms with Crippen LogP contribution in [0, 0.1) is 20.8 Å². The molecule has 0 saturated carbocycles. The molecule has 158 valence electrons. The van der Waals surface area contributed by atoms with Gasteiger partial charge in [-0.25, -0.2) is 0 Å². The lowest BCUT2D eigenvalue weighted by molar-refractivity contribution is -0.131.